The van der Waals surface area contributed by atoms with Crippen LogP contribution in [-0.2, 0) is 4.74 Å². The lowest BCUT2D eigenvalue weighted by atomic mass is 10.0. The molecule has 0 bridgehead atoms. The van der Waals surface area contributed by atoms with Gasteiger partial charge >= 0.3 is 0 Å². The highest BCUT2D eigenvalue weighted by atomic mass is 19.3. The summed E-state index contributed by atoms with van der Waals surface area (Å²) >= 11 is 0. The lowest BCUT2D eigenvalue weighted by Crippen LogP contribution is -2.34. The van der Waals surface area contributed by atoms with E-state index in [4.69, 9.17) is 4.74 Å². The summed E-state index contributed by atoms with van der Waals surface area (Å²) in [7, 11) is 0. The first kappa shape index (κ1) is 21.0. The molecule has 3 aromatic rings. The van der Waals surface area contributed by atoms with E-state index in [9.17, 15) is 18.0 Å². The van der Waals surface area contributed by atoms with Crippen molar-refractivity contribution in [3.05, 3.63) is 65.1 Å². The molecule has 1 fully saturated rings. The van der Waals surface area contributed by atoms with Crippen LogP contribution in [0.15, 0.2) is 42.6 Å². The number of hydrogen-bond donors (Lipinski definition) is 2. The topological polar surface area (TPSA) is 76.1 Å². The molecule has 0 aliphatic carbocycles. The molecule has 2 N–H and O–H groups in total. The van der Waals surface area contributed by atoms with Crippen LogP contribution >= 0.6 is 0 Å². The number of hydrogen-bond acceptors (Lipinski definition) is 5. The lowest BCUT2D eigenvalue weighted by Gasteiger charge is -2.19. The Labute approximate surface area is 176 Å². The minimum absolute atomic E-state index is 0.0264. The third kappa shape index (κ3) is 4.46. The van der Waals surface area contributed by atoms with Gasteiger partial charge in [-0.25, -0.2) is 13.2 Å². The summed E-state index contributed by atoms with van der Waals surface area (Å²) in [5, 5.41) is 14.7. The van der Waals surface area contributed by atoms with Crippen LogP contribution in [0.5, 0.6) is 0 Å². The maximum Gasteiger partial charge on any atom is 0.266 e. The second-order valence-corrected chi connectivity index (χ2v) is 7.44. The van der Waals surface area contributed by atoms with E-state index < -0.39 is 23.8 Å². The number of amides is 1. The molecule has 0 spiro atoms. The maximum atomic E-state index is 14.5. The number of carbonyl (C=O) groups is 1. The van der Waals surface area contributed by atoms with Gasteiger partial charge in [0.15, 0.2) is 0 Å². The highest BCUT2D eigenvalue weighted by Gasteiger charge is 2.21. The molecule has 0 saturated carbocycles. The summed E-state index contributed by atoms with van der Waals surface area (Å²) in [4.78, 5) is 12.6. The lowest BCUT2D eigenvalue weighted by molar-refractivity contribution is 0.0930. The molecule has 1 saturated heterocycles. The van der Waals surface area contributed by atoms with Gasteiger partial charge in [-0.3, -0.25) is 4.79 Å². The van der Waals surface area contributed by atoms with Crippen LogP contribution in [-0.4, -0.2) is 35.4 Å². The zero-order valence-corrected chi connectivity index (χ0v) is 16.7. The van der Waals surface area contributed by atoms with Crippen molar-refractivity contribution in [3.8, 4) is 0 Å². The van der Waals surface area contributed by atoms with Crippen molar-refractivity contribution in [2.75, 3.05) is 18.5 Å². The Bertz CT molecular complexity index is 1100. The van der Waals surface area contributed by atoms with Crippen molar-refractivity contribution in [1.82, 2.24) is 15.5 Å². The van der Waals surface area contributed by atoms with E-state index in [-0.39, 0.29) is 17.5 Å². The van der Waals surface area contributed by atoms with Crippen LogP contribution in [0.3, 0.4) is 0 Å². The molecule has 0 radical (unpaired) electrons. The molecule has 9 heteroatoms. The second kappa shape index (κ2) is 8.89. The molecular formula is C22H21F3N4O2. The molecule has 1 aromatic heterocycles. The van der Waals surface area contributed by atoms with Crippen LogP contribution in [0.2, 0.25) is 0 Å². The van der Waals surface area contributed by atoms with Crippen LogP contribution in [0.4, 0.5) is 18.9 Å². The molecule has 1 aliphatic rings. The van der Waals surface area contributed by atoms with Crippen molar-refractivity contribution in [2.24, 2.45) is 0 Å². The Balaban J connectivity index is 1.61. The third-order valence-electron chi connectivity index (χ3n) is 5.30. The maximum absolute atomic E-state index is 14.5. The Morgan fingerprint density at radius 1 is 1.23 bits per heavy atom. The molecule has 4 rings (SSSR count). The molecule has 1 amide bonds. The predicted molar refractivity (Wildman–Crippen MR) is 110 cm³/mol. The largest absolute Gasteiger partial charge is 0.379 e. The predicted octanol–water partition coefficient (Wildman–Crippen LogP) is 4.40. The number of fused-ring (bicyclic) bond motifs is 1. The fourth-order valence-electron chi connectivity index (χ4n) is 3.61. The second-order valence-electron chi connectivity index (χ2n) is 7.44. The van der Waals surface area contributed by atoms with Crippen LogP contribution in [0.1, 0.15) is 47.3 Å². The number of aromatic nitrogens is 2. The fraction of sp³-hybridized carbons (Fsp3) is 0.318. The Kier molecular flexibility index (Phi) is 6.03. The number of carbonyl (C=O) groups excluding carboxylic acids is 1. The van der Waals surface area contributed by atoms with E-state index in [1.807, 2.05) is 0 Å². The van der Waals surface area contributed by atoms with Gasteiger partial charge in [0.05, 0.1) is 41.7 Å². The van der Waals surface area contributed by atoms with Gasteiger partial charge in [-0.15, -0.1) is 0 Å². The van der Waals surface area contributed by atoms with Crippen molar-refractivity contribution in [3.63, 3.8) is 0 Å². The van der Waals surface area contributed by atoms with Gasteiger partial charge in [-0.1, -0.05) is 18.2 Å². The zero-order chi connectivity index (χ0) is 22.0. The molecule has 1 aliphatic heterocycles. The summed E-state index contributed by atoms with van der Waals surface area (Å²) in [6.45, 7) is 2.77. The number of rotatable bonds is 6. The van der Waals surface area contributed by atoms with Gasteiger partial charge in [0.25, 0.3) is 12.3 Å². The summed E-state index contributed by atoms with van der Waals surface area (Å²) < 4.78 is 45.9. The Hall–Kier alpha value is -3.20. The molecule has 162 valence electrons. The van der Waals surface area contributed by atoms with E-state index >= 15 is 0 Å². The smallest absolute Gasteiger partial charge is 0.266 e. The van der Waals surface area contributed by atoms with Crippen molar-refractivity contribution in [2.45, 2.75) is 31.9 Å². The first-order chi connectivity index (χ1) is 14.9. The molecule has 2 heterocycles. The third-order valence-corrected chi connectivity index (χ3v) is 5.30. The molecular weight excluding hydrogens is 409 g/mol. The molecule has 6 nitrogen and oxygen atoms in total. The van der Waals surface area contributed by atoms with Crippen molar-refractivity contribution in [1.29, 1.82) is 0 Å². The summed E-state index contributed by atoms with van der Waals surface area (Å²) in [5.74, 6) is -1.17. The Morgan fingerprint density at radius 3 is 2.77 bits per heavy atom. The molecule has 31 heavy (non-hydrogen) atoms. The van der Waals surface area contributed by atoms with Gasteiger partial charge in [0.2, 0.25) is 0 Å². The average molecular weight is 430 g/mol. The molecule has 2 atom stereocenters. The number of nitrogens with one attached hydrogen (secondary N) is 2. The minimum atomic E-state index is -2.90. The van der Waals surface area contributed by atoms with Gasteiger partial charge in [0.1, 0.15) is 5.82 Å². The summed E-state index contributed by atoms with van der Waals surface area (Å²) in [6, 6.07) is 8.28. The molecule has 2 aromatic carbocycles. The van der Waals surface area contributed by atoms with Gasteiger partial charge in [0, 0.05) is 23.1 Å². The van der Waals surface area contributed by atoms with Gasteiger partial charge in [-0.2, -0.15) is 10.2 Å². The number of halogens is 3. The number of benzene rings is 2. The quantitative estimate of drug-likeness (QED) is 0.606. The first-order valence-corrected chi connectivity index (χ1v) is 9.91. The summed E-state index contributed by atoms with van der Waals surface area (Å²) in [5.41, 5.74) is 0.962. The fourth-order valence-corrected chi connectivity index (χ4v) is 3.61. The van der Waals surface area contributed by atoms with Crippen molar-refractivity contribution < 1.29 is 22.7 Å². The van der Waals surface area contributed by atoms with Gasteiger partial charge in [-0.05, 0) is 31.5 Å². The van der Waals surface area contributed by atoms with E-state index in [0.29, 0.717) is 35.4 Å². The highest BCUT2D eigenvalue weighted by molar-refractivity contribution is 6.00. The number of nitrogens with zero attached hydrogens (tertiary/aromatic N) is 2. The minimum Gasteiger partial charge on any atom is -0.379 e. The highest BCUT2D eigenvalue weighted by Crippen LogP contribution is 2.30. The molecule has 1 unspecified atom stereocenters. The van der Waals surface area contributed by atoms with E-state index in [1.165, 1.54) is 18.3 Å². The number of alkyl halides is 2. The number of ether oxygens (including phenoxy) is 1. The van der Waals surface area contributed by atoms with Crippen LogP contribution < -0.4 is 10.6 Å². The Morgan fingerprint density at radius 2 is 2.03 bits per heavy atom. The standard InChI is InChI=1S/C22H21F3N4O2/c1-12(15-3-2-4-16(20(15)23)21(24)25)27-19-10-26-29-18-6-5-13(9-17(18)19)22(30)28-14-7-8-31-11-14/h2-6,9-10,12,14,21H,7-8,11H2,1H3,(H,27,29)(H,28,30)/t12-,14?/m1/s1. The van der Waals surface area contributed by atoms with Gasteiger partial charge < -0.3 is 15.4 Å². The number of anilines is 1. The van der Waals surface area contributed by atoms with Crippen LogP contribution in [0.25, 0.3) is 10.9 Å². The average Bonchev–Trinajstić information content (AvgIpc) is 3.26. The van der Waals surface area contributed by atoms with E-state index in [2.05, 4.69) is 20.8 Å². The van der Waals surface area contributed by atoms with E-state index in [0.717, 1.165) is 12.5 Å². The zero-order valence-electron chi connectivity index (χ0n) is 16.7. The summed E-state index contributed by atoms with van der Waals surface area (Å²) in [6.07, 6.45) is -0.680. The SMILES string of the molecule is C[C@@H](Nc1cnnc2ccc(C(=O)NC3CCOC3)cc12)c1cccc(C(F)F)c1F. The van der Waals surface area contributed by atoms with Crippen molar-refractivity contribution >= 4 is 22.5 Å². The first-order valence-electron chi connectivity index (χ1n) is 9.91. The van der Waals surface area contributed by atoms with E-state index in [1.54, 1.807) is 25.1 Å². The monoisotopic (exact) mass is 430 g/mol. The normalized spacial score (nSPS) is 17.1. The van der Waals surface area contributed by atoms with Crippen LogP contribution in [0, 0.1) is 5.82 Å².